The molecule has 0 atom stereocenters. The summed E-state index contributed by atoms with van der Waals surface area (Å²) in [6.07, 6.45) is -1.38. The lowest BCUT2D eigenvalue weighted by molar-refractivity contribution is -0.137. The molecule has 236 valence electrons. The second-order valence-corrected chi connectivity index (χ2v) is 12.4. The second kappa shape index (κ2) is 11.9. The molecule has 4 nitrogen and oxygen atoms in total. The molecule has 1 aromatic heterocycles. The van der Waals surface area contributed by atoms with Gasteiger partial charge in [-0.15, -0.1) is 0 Å². The molecule has 1 heterocycles. The molecule has 0 spiro atoms. The number of imidazole rings is 1. The Labute approximate surface area is 271 Å². The third-order valence-corrected chi connectivity index (χ3v) is 9.55. The molecule has 7 heteroatoms. The van der Waals surface area contributed by atoms with Crippen LogP contribution in [0.2, 0.25) is 0 Å². The van der Waals surface area contributed by atoms with Gasteiger partial charge in [-0.2, -0.15) is 13.2 Å². The van der Waals surface area contributed by atoms with E-state index >= 15 is 0 Å². The number of unbranched alkanes of at least 4 members (excludes halogenated alkanes) is 1. The normalized spacial score (nSPS) is 13.4. The lowest BCUT2D eigenvalue weighted by Crippen LogP contribution is -2.20. The summed E-state index contributed by atoms with van der Waals surface area (Å²) >= 11 is 0. The van der Waals surface area contributed by atoms with Crippen LogP contribution in [0.15, 0.2) is 115 Å². The van der Waals surface area contributed by atoms with Crippen LogP contribution in [0.1, 0.15) is 59.1 Å². The largest absolute Gasteiger partial charge is 0.416 e. The third-order valence-electron chi connectivity index (χ3n) is 9.55. The van der Waals surface area contributed by atoms with Crippen molar-refractivity contribution in [2.45, 2.75) is 51.2 Å². The van der Waals surface area contributed by atoms with E-state index in [4.69, 9.17) is 4.98 Å². The highest BCUT2D eigenvalue weighted by molar-refractivity contribution is 6.11. The van der Waals surface area contributed by atoms with E-state index in [0.717, 1.165) is 49.3 Å². The van der Waals surface area contributed by atoms with Crippen LogP contribution in [-0.4, -0.2) is 15.5 Å². The average molecular weight is 630 g/mol. The molecule has 0 fully saturated rings. The Kier molecular flexibility index (Phi) is 7.71. The minimum absolute atomic E-state index is 0.0344. The van der Waals surface area contributed by atoms with E-state index in [1.165, 1.54) is 34.4 Å². The number of anilines is 1. The number of carbonyl (C=O) groups excluding carboxylic acids is 1. The summed E-state index contributed by atoms with van der Waals surface area (Å²) in [5.41, 5.74) is 8.36. The first kappa shape index (κ1) is 30.5. The van der Waals surface area contributed by atoms with Gasteiger partial charge >= 0.3 is 6.18 Å². The first-order chi connectivity index (χ1) is 22.6. The first-order valence-electron chi connectivity index (χ1n) is 15.9. The molecule has 6 aromatic rings. The molecule has 0 unspecified atom stereocenters. The fraction of sp³-hybridized carbons (Fsp3) is 0.200. The van der Waals surface area contributed by atoms with Gasteiger partial charge in [-0.05, 0) is 83.5 Å². The van der Waals surface area contributed by atoms with Crippen molar-refractivity contribution >= 4 is 22.6 Å². The SMILES string of the molecule is Cc1nc2c(NC(=O)c3ccccc3-c3ccc(C(F)(F)F)cc3)cccc2n1CCCCC1(C)c2ccccc2-c2ccccc21. The molecule has 0 saturated heterocycles. The Morgan fingerprint density at radius 3 is 2.04 bits per heavy atom. The summed E-state index contributed by atoms with van der Waals surface area (Å²) < 4.78 is 41.6. The molecule has 1 N–H and O–H groups in total. The maximum Gasteiger partial charge on any atom is 0.416 e. The lowest BCUT2D eigenvalue weighted by Gasteiger charge is -2.27. The number of benzene rings is 5. The average Bonchev–Trinajstić information content (AvgIpc) is 3.54. The zero-order valence-electron chi connectivity index (χ0n) is 26.2. The van der Waals surface area contributed by atoms with E-state index in [1.54, 1.807) is 24.3 Å². The summed E-state index contributed by atoms with van der Waals surface area (Å²) in [7, 11) is 0. The van der Waals surface area contributed by atoms with Gasteiger partial charge in [0.2, 0.25) is 0 Å². The van der Waals surface area contributed by atoms with Gasteiger partial charge in [0.05, 0.1) is 16.8 Å². The second-order valence-electron chi connectivity index (χ2n) is 12.4. The smallest absolute Gasteiger partial charge is 0.328 e. The summed E-state index contributed by atoms with van der Waals surface area (Å²) in [6.45, 7) is 5.15. The minimum Gasteiger partial charge on any atom is -0.328 e. The number of fused-ring (bicyclic) bond motifs is 4. The predicted molar refractivity (Wildman–Crippen MR) is 181 cm³/mol. The minimum atomic E-state index is -4.43. The molecule has 0 bridgehead atoms. The van der Waals surface area contributed by atoms with Gasteiger partial charge < -0.3 is 9.88 Å². The van der Waals surface area contributed by atoms with Gasteiger partial charge in [0.15, 0.2) is 0 Å². The van der Waals surface area contributed by atoms with Crippen molar-refractivity contribution in [1.82, 2.24) is 9.55 Å². The van der Waals surface area contributed by atoms with E-state index in [9.17, 15) is 18.0 Å². The van der Waals surface area contributed by atoms with Gasteiger partial charge in [0, 0.05) is 17.5 Å². The van der Waals surface area contributed by atoms with Gasteiger partial charge in [0.1, 0.15) is 11.3 Å². The number of carbonyl (C=O) groups is 1. The maximum absolute atomic E-state index is 13.6. The summed E-state index contributed by atoms with van der Waals surface area (Å²) in [5, 5.41) is 3.02. The predicted octanol–water partition coefficient (Wildman–Crippen LogP) is 10.4. The first-order valence-corrected chi connectivity index (χ1v) is 15.9. The van der Waals surface area contributed by atoms with Crippen molar-refractivity contribution in [2.75, 3.05) is 5.32 Å². The molecule has 7 rings (SSSR count). The Balaban J connectivity index is 1.08. The molecule has 0 saturated carbocycles. The molecular weight excluding hydrogens is 595 g/mol. The standard InChI is InChI=1S/C40H34F3N3O/c1-26-44-37-35(45-38(47)32-15-4-3-12-29(32)27-20-22-28(23-21-27)40(41,42)43)18-11-19-36(37)46(26)25-10-9-24-39(2)33-16-7-5-13-30(33)31-14-6-8-17-34(31)39/h3-8,11-23H,9-10,24-25H2,1-2H3,(H,45,47). The van der Waals surface area contributed by atoms with Crippen LogP contribution in [0.3, 0.4) is 0 Å². The molecule has 47 heavy (non-hydrogen) atoms. The van der Waals surface area contributed by atoms with Crippen molar-refractivity contribution in [3.63, 3.8) is 0 Å². The van der Waals surface area contributed by atoms with Crippen molar-refractivity contribution in [3.8, 4) is 22.3 Å². The molecule has 0 radical (unpaired) electrons. The number of rotatable bonds is 8. The highest BCUT2D eigenvalue weighted by atomic mass is 19.4. The Morgan fingerprint density at radius 1 is 0.766 bits per heavy atom. The molecule has 1 aliphatic carbocycles. The zero-order valence-corrected chi connectivity index (χ0v) is 26.2. The van der Waals surface area contributed by atoms with E-state index in [0.29, 0.717) is 27.9 Å². The van der Waals surface area contributed by atoms with Crippen LogP contribution < -0.4 is 5.32 Å². The quantitative estimate of drug-likeness (QED) is 0.170. The molecule has 1 aliphatic rings. The number of nitrogens with zero attached hydrogens (tertiary/aromatic N) is 2. The summed E-state index contributed by atoms with van der Waals surface area (Å²) in [6, 6.07) is 35.0. The number of amides is 1. The van der Waals surface area contributed by atoms with E-state index < -0.39 is 11.7 Å². The highest BCUT2D eigenvalue weighted by Crippen LogP contribution is 2.51. The Hall–Kier alpha value is -5.17. The molecule has 0 aliphatic heterocycles. The third kappa shape index (κ3) is 5.50. The van der Waals surface area contributed by atoms with Crippen molar-refractivity contribution in [2.24, 2.45) is 0 Å². The fourth-order valence-electron chi connectivity index (χ4n) is 7.17. The molecule has 5 aromatic carbocycles. The van der Waals surface area contributed by atoms with E-state index in [2.05, 4.69) is 65.3 Å². The van der Waals surface area contributed by atoms with E-state index in [-0.39, 0.29) is 11.3 Å². The Morgan fingerprint density at radius 2 is 1.38 bits per heavy atom. The number of aryl methyl sites for hydroxylation is 2. The van der Waals surface area contributed by atoms with Crippen LogP contribution in [0.5, 0.6) is 0 Å². The van der Waals surface area contributed by atoms with Crippen LogP contribution in [0.25, 0.3) is 33.3 Å². The van der Waals surface area contributed by atoms with Crippen LogP contribution >= 0.6 is 0 Å². The van der Waals surface area contributed by atoms with Gasteiger partial charge in [-0.1, -0.05) is 98.3 Å². The number of hydrogen-bond donors (Lipinski definition) is 1. The van der Waals surface area contributed by atoms with Crippen LogP contribution in [-0.2, 0) is 18.1 Å². The summed E-state index contributed by atoms with van der Waals surface area (Å²) in [4.78, 5) is 18.4. The monoisotopic (exact) mass is 629 g/mol. The maximum atomic E-state index is 13.6. The number of halogens is 3. The van der Waals surface area contributed by atoms with Crippen LogP contribution in [0.4, 0.5) is 18.9 Å². The lowest BCUT2D eigenvalue weighted by atomic mass is 9.76. The number of nitrogens with one attached hydrogen (secondary N) is 1. The Bertz CT molecular complexity index is 2070. The van der Waals surface area contributed by atoms with Gasteiger partial charge in [-0.25, -0.2) is 4.98 Å². The summed E-state index contributed by atoms with van der Waals surface area (Å²) in [5.74, 6) is 0.514. The molecular formula is C40H34F3N3O. The fourth-order valence-corrected chi connectivity index (χ4v) is 7.17. The van der Waals surface area contributed by atoms with Crippen molar-refractivity contribution in [3.05, 3.63) is 143 Å². The van der Waals surface area contributed by atoms with Gasteiger partial charge in [-0.3, -0.25) is 4.79 Å². The van der Waals surface area contributed by atoms with Gasteiger partial charge in [0.25, 0.3) is 5.91 Å². The van der Waals surface area contributed by atoms with E-state index in [1.807, 2.05) is 25.1 Å². The van der Waals surface area contributed by atoms with Crippen molar-refractivity contribution < 1.29 is 18.0 Å². The topological polar surface area (TPSA) is 46.9 Å². The number of alkyl halides is 3. The molecule has 1 amide bonds. The van der Waals surface area contributed by atoms with Crippen molar-refractivity contribution in [1.29, 1.82) is 0 Å². The number of aromatic nitrogens is 2. The highest BCUT2D eigenvalue weighted by Gasteiger charge is 2.38. The number of para-hydroxylation sites is 1. The zero-order chi connectivity index (χ0) is 32.8. The van der Waals surface area contributed by atoms with Crippen LogP contribution in [0, 0.1) is 6.92 Å². The number of hydrogen-bond acceptors (Lipinski definition) is 2.